The van der Waals surface area contributed by atoms with E-state index in [-0.39, 0.29) is 22.8 Å². The van der Waals surface area contributed by atoms with Gasteiger partial charge in [-0.05, 0) is 43.3 Å². The molecule has 1 aliphatic heterocycles. The van der Waals surface area contributed by atoms with Crippen LogP contribution >= 0.6 is 0 Å². The van der Waals surface area contributed by atoms with E-state index < -0.39 is 40.7 Å². The molecule has 2 aromatic rings. The predicted molar refractivity (Wildman–Crippen MR) is 105 cm³/mol. The van der Waals surface area contributed by atoms with Crippen molar-refractivity contribution in [3.63, 3.8) is 0 Å². The number of sulfonamides is 1. The highest BCUT2D eigenvalue weighted by atomic mass is 32.2. The van der Waals surface area contributed by atoms with Crippen molar-refractivity contribution in [2.75, 3.05) is 19.7 Å². The molecule has 7 nitrogen and oxygen atoms in total. The van der Waals surface area contributed by atoms with Gasteiger partial charge in [0.2, 0.25) is 10.0 Å². The van der Waals surface area contributed by atoms with Crippen molar-refractivity contribution in [1.29, 1.82) is 5.26 Å². The number of hydrogen-bond donors (Lipinski definition) is 2. The van der Waals surface area contributed by atoms with Crippen LogP contribution in [-0.2, 0) is 10.0 Å². The molecule has 1 aliphatic rings. The lowest BCUT2D eigenvalue weighted by atomic mass is 10.0. The second kappa shape index (κ2) is 8.42. The molecule has 9 heteroatoms. The van der Waals surface area contributed by atoms with Gasteiger partial charge in [-0.1, -0.05) is 5.92 Å². The number of halogens is 1. The summed E-state index contributed by atoms with van der Waals surface area (Å²) in [5, 5.41) is 29.2. The van der Waals surface area contributed by atoms with Crippen LogP contribution in [0.2, 0.25) is 0 Å². The number of nitriles is 1. The number of hydrogen-bond acceptors (Lipinski definition) is 6. The first-order valence-corrected chi connectivity index (χ1v) is 10.4. The second-order valence-corrected chi connectivity index (χ2v) is 8.76. The molecular weight excluding hydrogens is 411 g/mol. The molecule has 2 atom stereocenters. The van der Waals surface area contributed by atoms with Crippen LogP contribution in [0.3, 0.4) is 0 Å². The highest BCUT2D eigenvalue weighted by molar-refractivity contribution is 7.89. The van der Waals surface area contributed by atoms with Crippen molar-refractivity contribution in [3.8, 4) is 23.7 Å². The van der Waals surface area contributed by atoms with Gasteiger partial charge in [0, 0.05) is 18.2 Å². The summed E-state index contributed by atoms with van der Waals surface area (Å²) in [6, 6.07) is 11.2. The van der Waals surface area contributed by atoms with Gasteiger partial charge >= 0.3 is 0 Å². The first-order valence-electron chi connectivity index (χ1n) is 8.96. The summed E-state index contributed by atoms with van der Waals surface area (Å²) in [6.45, 7) is 0.265. The summed E-state index contributed by atoms with van der Waals surface area (Å²) < 4.78 is 46.4. The molecule has 2 aromatic carbocycles. The van der Waals surface area contributed by atoms with E-state index in [1.165, 1.54) is 24.3 Å². The third kappa shape index (κ3) is 4.16. The van der Waals surface area contributed by atoms with E-state index in [1.807, 2.05) is 0 Å². The Hall–Kier alpha value is -2.95. The molecule has 156 valence electrons. The number of β-amino-alcohol motifs (C(OH)–C–C–N with tert-alkyl or cyclic N) is 1. The molecule has 1 heterocycles. The van der Waals surface area contributed by atoms with E-state index in [2.05, 4.69) is 11.8 Å². The van der Waals surface area contributed by atoms with Crippen molar-refractivity contribution in [1.82, 2.24) is 4.31 Å². The van der Waals surface area contributed by atoms with E-state index in [4.69, 9.17) is 10.00 Å². The minimum atomic E-state index is -3.98. The quantitative estimate of drug-likeness (QED) is 0.691. The van der Waals surface area contributed by atoms with Crippen LogP contribution < -0.4 is 4.74 Å². The Bertz CT molecular complexity index is 1150. The molecule has 30 heavy (non-hydrogen) atoms. The lowest BCUT2D eigenvalue weighted by molar-refractivity contribution is -0.0641. The van der Waals surface area contributed by atoms with E-state index in [0.29, 0.717) is 5.56 Å². The van der Waals surface area contributed by atoms with Gasteiger partial charge in [-0.3, -0.25) is 0 Å². The molecular formula is C21H19FN2O5S. The monoisotopic (exact) mass is 430 g/mol. The first kappa shape index (κ1) is 21.8. The predicted octanol–water partition coefficient (Wildman–Crippen LogP) is 1.24. The van der Waals surface area contributed by atoms with Crippen molar-refractivity contribution >= 4 is 10.0 Å². The van der Waals surface area contributed by atoms with Gasteiger partial charge in [-0.2, -0.15) is 9.57 Å². The maximum absolute atomic E-state index is 13.8. The minimum Gasteiger partial charge on any atom is -0.486 e. The standard InChI is InChI=1S/C21H19FN2O5S/c1-2-3-15-4-8-18(9-5-15)30(27,28)24-12-20(21(26,13-24)14-25)29-17-7-6-16(11-23)19(22)10-17/h4-10,20,25-26H,12-14H2,1H3/t20-,21+/m0/s1. The summed E-state index contributed by atoms with van der Waals surface area (Å²) in [4.78, 5) is 0.00881. The van der Waals surface area contributed by atoms with Crippen molar-refractivity contribution in [3.05, 3.63) is 59.4 Å². The largest absolute Gasteiger partial charge is 0.486 e. The fourth-order valence-corrected chi connectivity index (χ4v) is 4.64. The van der Waals surface area contributed by atoms with Gasteiger partial charge in [0.05, 0.1) is 23.6 Å². The second-order valence-electron chi connectivity index (χ2n) is 6.82. The average molecular weight is 430 g/mol. The molecule has 0 aliphatic carbocycles. The minimum absolute atomic E-state index is 0.00474. The molecule has 1 saturated heterocycles. The Morgan fingerprint density at radius 2 is 2.00 bits per heavy atom. The molecule has 3 rings (SSSR count). The van der Waals surface area contributed by atoms with Crippen LogP contribution in [0.15, 0.2) is 47.4 Å². The normalized spacial score (nSPS) is 21.5. The van der Waals surface area contributed by atoms with Crippen LogP contribution in [0.4, 0.5) is 4.39 Å². The Balaban J connectivity index is 1.85. The smallest absolute Gasteiger partial charge is 0.243 e. The van der Waals surface area contributed by atoms with Crippen LogP contribution in [0.5, 0.6) is 5.75 Å². The van der Waals surface area contributed by atoms with E-state index in [9.17, 15) is 23.0 Å². The Morgan fingerprint density at radius 1 is 1.30 bits per heavy atom. The Kier molecular flexibility index (Phi) is 6.11. The topological polar surface area (TPSA) is 111 Å². The van der Waals surface area contributed by atoms with Gasteiger partial charge in [0.1, 0.15) is 29.3 Å². The SMILES string of the molecule is CC#Cc1ccc(S(=O)(=O)N2C[C@H](Oc3ccc(C#N)c(F)c3)[C@](O)(CO)C2)cc1. The van der Waals surface area contributed by atoms with Gasteiger partial charge in [-0.15, -0.1) is 5.92 Å². The fourth-order valence-electron chi connectivity index (χ4n) is 3.14. The van der Waals surface area contributed by atoms with Crippen molar-refractivity contribution in [2.24, 2.45) is 0 Å². The molecule has 0 saturated carbocycles. The van der Waals surface area contributed by atoms with Crippen LogP contribution in [0, 0.1) is 29.0 Å². The van der Waals surface area contributed by atoms with Crippen molar-refractivity contribution < 1.29 is 27.8 Å². The molecule has 2 N–H and O–H groups in total. The zero-order chi connectivity index (χ0) is 21.9. The number of aliphatic hydroxyl groups is 2. The molecule has 0 radical (unpaired) electrons. The lowest BCUT2D eigenvalue weighted by Crippen LogP contribution is -2.48. The molecule has 0 aromatic heterocycles. The molecule has 0 unspecified atom stereocenters. The number of ether oxygens (including phenoxy) is 1. The maximum atomic E-state index is 13.8. The molecule has 0 bridgehead atoms. The van der Waals surface area contributed by atoms with Gasteiger partial charge < -0.3 is 14.9 Å². The number of benzene rings is 2. The van der Waals surface area contributed by atoms with Gasteiger partial charge in [-0.25, -0.2) is 12.8 Å². The molecule has 1 fully saturated rings. The van der Waals surface area contributed by atoms with Crippen molar-refractivity contribution in [2.45, 2.75) is 23.5 Å². The highest BCUT2D eigenvalue weighted by Gasteiger charge is 2.50. The first-order chi connectivity index (χ1) is 14.2. The van der Waals surface area contributed by atoms with Crippen LogP contribution in [-0.4, -0.2) is 54.3 Å². The zero-order valence-electron chi connectivity index (χ0n) is 16.0. The van der Waals surface area contributed by atoms with Gasteiger partial charge in [0.15, 0.2) is 0 Å². The third-order valence-corrected chi connectivity index (χ3v) is 6.62. The average Bonchev–Trinajstić information content (AvgIpc) is 3.06. The summed E-state index contributed by atoms with van der Waals surface area (Å²) in [7, 11) is -3.98. The molecule has 0 amide bonds. The summed E-state index contributed by atoms with van der Waals surface area (Å²) >= 11 is 0. The number of rotatable bonds is 5. The third-order valence-electron chi connectivity index (χ3n) is 4.79. The van der Waals surface area contributed by atoms with E-state index >= 15 is 0 Å². The number of aliphatic hydroxyl groups excluding tert-OH is 1. The lowest BCUT2D eigenvalue weighted by Gasteiger charge is -2.27. The van der Waals surface area contributed by atoms with Crippen LogP contribution in [0.25, 0.3) is 0 Å². The number of nitrogens with zero attached hydrogens (tertiary/aromatic N) is 2. The van der Waals surface area contributed by atoms with E-state index in [1.54, 1.807) is 25.1 Å². The van der Waals surface area contributed by atoms with Crippen LogP contribution in [0.1, 0.15) is 18.1 Å². The van der Waals surface area contributed by atoms with E-state index in [0.717, 1.165) is 10.4 Å². The highest BCUT2D eigenvalue weighted by Crippen LogP contribution is 2.31. The summed E-state index contributed by atoms with van der Waals surface area (Å²) in [6.07, 6.45) is -1.14. The Labute approximate surface area is 174 Å². The maximum Gasteiger partial charge on any atom is 0.243 e. The zero-order valence-corrected chi connectivity index (χ0v) is 16.9. The molecule has 0 spiro atoms. The fraction of sp³-hybridized carbons (Fsp3) is 0.286. The van der Waals surface area contributed by atoms with Gasteiger partial charge in [0.25, 0.3) is 0 Å². The summed E-state index contributed by atoms with van der Waals surface area (Å²) in [5.74, 6) is 4.75. The Morgan fingerprint density at radius 3 is 2.57 bits per heavy atom. The summed E-state index contributed by atoms with van der Waals surface area (Å²) in [5.41, 5.74) is -1.40.